The summed E-state index contributed by atoms with van der Waals surface area (Å²) in [7, 11) is 0. The fraction of sp³-hybridized carbons (Fsp3) is 0.500. The number of hydrogen-bond acceptors (Lipinski definition) is 2. The van der Waals surface area contributed by atoms with Gasteiger partial charge in [0.05, 0.1) is 5.57 Å². The van der Waals surface area contributed by atoms with Crippen LogP contribution in [0.5, 0.6) is 0 Å². The summed E-state index contributed by atoms with van der Waals surface area (Å²) in [6, 6.07) is 12.7. The van der Waals surface area contributed by atoms with Crippen molar-refractivity contribution in [1.82, 2.24) is 0 Å². The molecule has 1 aromatic carbocycles. The Kier molecular flexibility index (Phi) is 3.91. The molecule has 114 valence electrons. The molecule has 22 heavy (non-hydrogen) atoms. The van der Waals surface area contributed by atoms with Crippen molar-refractivity contribution in [2.45, 2.75) is 39.5 Å². The van der Waals surface area contributed by atoms with Gasteiger partial charge in [0.15, 0.2) is 5.78 Å². The quantitative estimate of drug-likeness (QED) is 0.814. The molecule has 0 N–H and O–H groups in total. The highest BCUT2D eigenvalue weighted by Crippen LogP contribution is 2.49. The number of hydrogen-bond donors (Lipinski definition) is 0. The molecule has 0 saturated heterocycles. The highest BCUT2D eigenvalue weighted by molar-refractivity contribution is 6.03. The summed E-state index contributed by atoms with van der Waals surface area (Å²) >= 11 is 0. The van der Waals surface area contributed by atoms with E-state index in [0.717, 1.165) is 19.3 Å². The number of fused-ring (bicyclic) bond motifs is 1. The number of allylic oxidation sites excluding steroid dienone is 2. The van der Waals surface area contributed by atoms with Crippen molar-refractivity contribution >= 4 is 5.78 Å². The van der Waals surface area contributed by atoms with Crippen LogP contribution in [0.25, 0.3) is 0 Å². The number of Topliss-reactive ketones (excluding diaryl/α,β-unsaturated/α-hetero) is 1. The van der Waals surface area contributed by atoms with Crippen molar-refractivity contribution in [2.75, 3.05) is 0 Å². The Balaban J connectivity index is 1.79. The van der Waals surface area contributed by atoms with Crippen molar-refractivity contribution in [1.29, 1.82) is 5.26 Å². The van der Waals surface area contributed by atoms with Gasteiger partial charge in [-0.1, -0.05) is 50.3 Å². The number of carbonyl (C=O) groups is 1. The molecule has 1 fully saturated rings. The first kappa shape index (κ1) is 15.0. The molecular formula is C20H23NO. The molecule has 0 heterocycles. The zero-order chi connectivity index (χ0) is 15.7. The van der Waals surface area contributed by atoms with Crippen LogP contribution in [0, 0.1) is 34.5 Å². The third-order valence-corrected chi connectivity index (χ3v) is 5.63. The highest BCUT2D eigenvalue weighted by Gasteiger charge is 2.47. The normalized spacial score (nSPS) is 30.1. The Bertz CT molecular complexity index is 635. The topological polar surface area (TPSA) is 40.9 Å². The van der Waals surface area contributed by atoms with Gasteiger partial charge < -0.3 is 0 Å². The van der Waals surface area contributed by atoms with Crippen LogP contribution < -0.4 is 0 Å². The van der Waals surface area contributed by atoms with Crippen molar-refractivity contribution in [3.8, 4) is 6.07 Å². The molecule has 0 aromatic heterocycles. The van der Waals surface area contributed by atoms with E-state index < -0.39 is 0 Å². The standard InChI is InChI=1S/C20H23NO/c1-20(2)18-9-8-15(10-14-6-4-3-5-7-14)11-16(18)12-17(13-21)19(20)22/h3-7,12,15-16,18H,8-11H2,1-2H3. The molecule has 1 aromatic rings. The summed E-state index contributed by atoms with van der Waals surface area (Å²) in [5, 5.41) is 9.25. The van der Waals surface area contributed by atoms with Crippen LogP contribution in [0.4, 0.5) is 0 Å². The minimum Gasteiger partial charge on any atom is -0.293 e. The summed E-state index contributed by atoms with van der Waals surface area (Å²) in [6.07, 6.45) is 6.45. The lowest BCUT2D eigenvalue weighted by Gasteiger charge is -2.45. The van der Waals surface area contributed by atoms with Crippen LogP contribution in [0.1, 0.15) is 38.7 Å². The molecule has 2 heteroatoms. The predicted octanol–water partition coefficient (Wildman–Crippen LogP) is 4.32. The van der Waals surface area contributed by atoms with Gasteiger partial charge in [-0.2, -0.15) is 5.26 Å². The number of carbonyl (C=O) groups excluding carboxylic acids is 1. The van der Waals surface area contributed by atoms with Gasteiger partial charge in [-0.3, -0.25) is 4.79 Å². The summed E-state index contributed by atoms with van der Waals surface area (Å²) < 4.78 is 0. The van der Waals surface area contributed by atoms with E-state index in [9.17, 15) is 10.1 Å². The lowest BCUT2D eigenvalue weighted by molar-refractivity contribution is -0.128. The van der Waals surface area contributed by atoms with E-state index in [-0.39, 0.29) is 11.2 Å². The third kappa shape index (κ3) is 2.61. The lowest BCUT2D eigenvalue weighted by atomic mass is 9.57. The Morgan fingerprint density at radius 3 is 2.64 bits per heavy atom. The van der Waals surface area contributed by atoms with Gasteiger partial charge in [0.1, 0.15) is 6.07 Å². The van der Waals surface area contributed by atoms with Crippen molar-refractivity contribution in [3.05, 3.63) is 47.5 Å². The monoisotopic (exact) mass is 293 g/mol. The van der Waals surface area contributed by atoms with Gasteiger partial charge in [-0.25, -0.2) is 0 Å². The summed E-state index contributed by atoms with van der Waals surface area (Å²) in [5.41, 5.74) is 1.38. The summed E-state index contributed by atoms with van der Waals surface area (Å²) in [5.74, 6) is 1.47. The average molecular weight is 293 g/mol. The molecule has 2 nitrogen and oxygen atoms in total. The van der Waals surface area contributed by atoms with Gasteiger partial charge in [0, 0.05) is 5.41 Å². The van der Waals surface area contributed by atoms with E-state index in [0.29, 0.717) is 23.3 Å². The third-order valence-electron chi connectivity index (χ3n) is 5.63. The molecule has 2 aliphatic rings. The molecule has 0 spiro atoms. The predicted molar refractivity (Wildman–Crippen MR) is 87.0 cm³/mol. The number of rotatable bonds is 2. The Morgan fingerprint density at radius 1 is 1.23 bits per heavy atom. The second-order valence-corrected chi connectivity index (χ2v) is 7.38. The maximum absolute atomic E-state index is 12.4. The first-order valence-corrected chi connectivity index (χ1v) is 8.23. The number of ketones is 1. The maximum atomic E-state index is 12.4. The van der Waals surface area contributed by atoms with Crippen LogP contribution in [0.15, 0.2) is 42.0 Å². The zero-order valence-corrected chi connectivity index (χ0v) is 13.4. The Hall–Kier alpha value is -1.88. The smallest absolute Gasteiger partial charge is 0.178 e. The first-order valence-electron chi connectivity index (χ1n) is 8.23. The molecule has 0 bridgehead atoms. The van der Waals surface area contributed by atoms with Crippen molar-refractivity contribution in [2.24, 2.45) is 23.2 Å². The van der Waals surface area contributed by atoms with Crippen LogP contribution in [-0.4, -0.2) is 5.78 Å². The number of nitriles is 1. The fourth-order valence-corrected chi connectivity index (χ4v) is 4.40. The van der Waals surface area contributed by atoms with Gasteiger partial charge in [-0.05, 0) is 49.0 Å². The minimum absolute atomic E-state index is 0.0396. The average Bonchev–Trinajstić information content (AvgIpc) is 2.52. The first-order chi connectivity index (χ1) is 10.5. The van der Waals surface area contributed by atoms with Gasteiger partial charge >= 0.3 is 0 Å². The molecule has 2 aliphatic carbocycles. The van der Waals surface area contributed by atoms with Gasteiger partial charge in [-0.15, -0.1) is 0 Å². The molecule has 3 atom stereocenters. The molecule has 1 saturated carbocycles. The lowest BCUT2D eigenvalue weighted by Crippen LogP contribution is -2.44. The Morgan fingerprint density at radius 2 is 1.95 bits per heavy atom. The van der Waals surface area contributed by atoms with E-state index in [1.807, 2.05) is 19.9 Å². The van der Waals surface area contributed by atoms with Crippen molar-refractivity contribution in [3.63, 3.8) is 0 Å². The molecule has 0 aliphatic heterocycles. The van der Waals surface area contributed by atoms with E-state index in [1.54, 1.807) is 0 Å². The molecule has 3 rings (SSSR count). The minimum atomic E-state index is -0.387. The highest BCUT2D eigenvalue weighted by atomic mass is 16.1. The van der Waals surface area contributed by atoms with Gasteiger partial charge in [0.2, 0.25) is 0 Å². The molecule has 3 unspecified atom stereocenters. The second kappa shape index (κ2) is 5.72. The molecule has 0 amide bonds. The van der Waals surface area contributed by atoms with Crippen LogP contribution >= 0.6 is 0 Å². The molecular weight excluding hydrogens is 270 g/mol. The number of benzene rings is 1. The van der Waals surface area contributed by atoms with E-state index in [2.05, 4.69) is 36.4 Å². The summed E-state index contributed by atoms with van der Waals surface area (Å²) in [4.78, 5) is 12.4. The van der Waals surface area contributed by atoms with Crippen molar-refractivity contribution < 1.29 is 4.79 Å². The van der Waals surface area contributed by atoms with E-state index in [4.69, 9.17) is 0 Å². The molecule has 0 radical (unpaired) electrons. The summed E-state index contributed by atoms with van der Waals surface area (Å²) in [6.45, 7) is 4.05. The van der Waals surface area contributed by atoms with E-state index in [1.165, 1.54) is 12.0 Å². The van der Waals surface area contributed by atoms with Crippen LogP contribution in [0.3, 0.4) is 0 Å². The second-order valence-electron chi connectivity index (χ2n) is 7.38. The SMILES string of the molecule is CC1(C)C(=O)C(C#N)=CC2CC(Cc3ccccc3)CCC21. The number of nitrogens with zero attached hydrogens (tertiary/aromatic N) is 1. The Labute approximate surface area is 132 Å². The van der Waals surface area contributed by atoms with E-state index >= 15 is 0 Å². The van der Waals surface area contributed by atoms with Gasteiger partial charge in [0.25, 0.3) is 0 Å². The van der Waals surface area contributed by atoms with Crippen LogP contribution in [-0.2, 0) is 11.2 Å². The largest absolute Gasteiger partial charge is 0.293 e. The fourth-order valence-electron chi connectivity index (χ4n) is 4.40. The maximum Gasteiger partial charge on any atom is 0.178 e. The zero-order valence-electron chi connectivity index (χ0n) is 13.4. The van der Waals surface area contributed by atoms with Crippen LogP contribution in [0.2, 0.25) is 0 Å².